The minimum absolute atomic E-state index is 0.109. The van der Waals surface area contributed by atoms with Crippen molar-refractivity contribution >= 4 is 18.0 Å². The first-order valence-electron chi connectivity index (χ1n) is 7.24. The van der Waals surface area contributed by atoms with Gasteiger partial charge in [-0.2, -0.15) is 0 Å². The average molecular weight is 298 g/mol. The van der Waals surface area contributed by atoms with Gasteiger partial charge in [-0.3, -0.25) is 4.79 Å². The highest BCUT2D eigenvalue weighted by Crippen LogP contribution is 2.23. The molecule has 1 N–H and O–H groups in total. The molecule has 0 unspecified atom stereocenters. The highest BCUT2D eigenvalue weighted by atomic mass is 16.1. The molecule has 0 bridgehead atoms. The van der Waals surface area contributed by atoms with Crippen LogP contribution in [-0.4, -0.2) is 30.0 Å². The largest absolute Gasteiger partial charge is 0.298 e. The van der Waals surface area contributed by atoms with Crippen LogP contribution in [0.2, 0.25) is 0 Å². The Kier molecular flexibility index (Phi) is 4.56. The van der Waals surface area contributed by atoms with E-state index in [1.165, 1.54) is 11.6 Å². The molecule has 22 heavy (non-hydrogen) atoms. The molecule has 2 rings (SSSR count). The molecule has 0 radical (unpaired) electrons. The fraction of sp³-hybridized carbons (Fsp3) is 0.353. The normalized spacial score (nSPS) is 17.3. The van der Waals surface area contributed by atoms with E-state index in [4.69, 9.17) is 0 Å². The summed E-state index contributed by atoms with van der Waals surface area (Å²) < 4.78 is 0. The minimum atomic E-state index is 0.109. The smallest absolute Gasteiger partial charge is 0.163 e. The van der Waals surface area contributed by atoms with Crippen LogP contribution in [0.1, 0.15) is 38.8 Å². The number of amidine groups is 2. The summed E-state index contributed by atoms with van der Waals surface area (Å²) in [5.41, 5.74) is 5.26. The zero-order chi connectivity index (χ0) is 16.3. The number of benzene rings is 1. The van der Waals surface area contributed by atoms with Crippen LogP contribution in [-0.2, 0) is 10.2 Å². The van der Waals surface area contributed by atoms with Crippen molar-refractivity contribution < 1.29 is 4.79 Å². The number of carbonyl (C=O) groups is 1. The monoisotopic (exact) mass is 298 g/mol. The van der Waals surface area contributed by atoms with E-state index in [-0.39, 0.29) is 5.41 Å². The lowest BCUT2D eigenvalue weighted by molar-refractivity contribution is -0.104. The molecule has 1 aromatic carbocycles. The molecule has 0 spiro atoms. The van der Waals surface area contributed by atoms with Gasteiger partial charge in [-0.1, -0.05) is 45.0 Å². The summed E-state index contributed by atoms with van der Waals surface area (Å²) in [6.45, 7) is 8.40. The highest BCUT2D eigenvalue weighted by molar-refractivity contribution is 6.08. The van der Waals surface area contributed by atoms with E-state index < -0.39 is 0 Å². The van der Waals surface area contributed by atoms with Gasteiger partial charge < -0.3 is 0 Å². The van der Waals surface area contributed by atoms with Crippen LogP contribution in [0, 0.1) is 0 Å². The number of allylic oxidation sites excluding steroid dienone is 1. The summed E-state index contributed by atoms with van der Waals surface area (Å²) >= 11 is 0. The van der Waals surface area contributed by atoms with Crippen molar-refractivity contribution in [3.63, 3.8) is 0 Å². The molecule has 0 aromatic heterocycles. The zero-order valence-corrected chi connectivity index (χ0v) is 13.7. The maximum Gasteiger partial charge on any atom is 0.163 e. The van der Waals surface area contributed by atoms with E-state index in [2.05, 4.69) is 48.3 Å². The first-order chi connectivity index (χ1) is 10.4. The molecule has 116 valence electrons. The van der Waals surface area contributed by atoms with Gasteiger partial charge in [0.05, 0.1) is 0 Å². The van der Waals surface area contributed by atoms with Crippen LogP contribution in [0.5, 0.6) is 0 Å². The maximum atomic E-state index is 10.8. The Labute approximate surface area is 131 Å². The Morgan fingerprint density at radius 2 is 1.77 bits per heavy atom. The van der Waals surface area contributed by atoms with Crippen molar-refractivity contribution in [1.82, 2.24) is 10.4 Å². The third-order valence-corrected chi connectivity index (χ3v) is 3.49. The molecule has 0 atom stereocenters. The molecule has 1 heterocycles. The lowest BCUT2D eigenvalue weighted by Gasteiger charge is -2.26. The first-order valence-corrected chi connectivity index (χ1v) is 7.24. The lowest BCUT2D eigenvalue weighted by atomic mass is 9.86. The molecular formula is C17H22N4O. The van der Waals surface area contributed by atoms with Crippen LogP contribution >= 0.6 is 0 Å². The molecule has 0 saturated heterocycles. The Bertz CT molecular complexity index is 648. The van der Waals surface area contributed by atoms with Gasteiger partial charge in [-0.15, -0.1) is 0 Å². The fourth-order valence-corrected chi connectivity index (χ4v) is 2.25. The van der Waals surface area contributed by atoms with E-state index in [0.717, 1.165) is 17.7 Å². The fourth-order valence-electron chi connectivity index (χ4n) is 2.25. The quantitative estimate of drug-likeness (QED) is 0.689. The number of carbonyl (C=O) groups excluding carboxylic acids is 1. The standard InChI is InChI=1S/C17H22N4O/c1-12-19-16(20-15(10-11-22)21(12)18-5)13-6-8-14(9-7-13)17(2,3)4/h6-11,18H,1-5H3/b15-10-. The molecule has 5 heteroatoms. The molecule has 1 aromatic rings. The summed E-state index contributed by atoms with van der Waals surface area (Å²) in [6, 6.07) is 8.22. The van der Waals surface area contributed by atoms with Gasteiger partial charge >= 0.3 is 0 Å². The zero-order valence-electron chi connectivity index (χ0n) is 13.7. The van der Waals surface area contributed by atoms with E-state index in [1.807, 2.05) is 19.1 Å². The summed E-state index contributed by atoms with van der Waals surface area (Å²) in [5, 5.41) is 1.67. The summed E-state index contributed by atoms with van der Waals surface area (Å²) in [4.78, 5) is 19.8. The summed E-state index contributed by atoms with van der Waals surface area (Å²) in [7, 11) is 1.76. The summed E-state index contributed by atoms with van der Waals surface area (Å²) in [6.07, 6.45) is 2.14. The molecule has 1 aliphatic rings. The predicted octanol–water partition coefficient (Wildman–Crippen LogP) is 2.64. The summed E-state index contributed by atoms with van der Waals surface area (Å²) in [5.74, 6) is 1.87. The van der Waals surface area contributed by atoms with E-state index in [9.17, 15) is 4.79 Å². The number of hydrazine groups is 1. The van der Waals surface area contributed by atoms with Gasteiger partial charge in [0.25, 0.3) is 0 Å². The molecule has 0 aliphatic carbocycles. The molecule has 0 saturated carbocycles. The van der Waals surface area contributed by atoms with Gasteiger partial charge in [-0.05, 0) is 17.9 Å². The van der Waals surface area contributed by atoms with Gasteiger partial charge in [0.2, 0.25) is 0 Å². The van der Waals surface area contributed by atoms with Crippen LogP contribution in [0.15, 0.2) is 46.1 Å². The number of hydrogen-bond donors (Lipinski definition) is 1. The molecular weight excluding hydrogens is 276 g/mol. The lowest BCUT2D eigenvalue weighted by Crippen LogP contribution is -2.40. The van der Waals surface area contributed by atoms with Gasteiger partial charge in [-0.25, -0.2) is 20.4 Å². The van der Waals surface area contributed by atoms with Gasteiger partial charge in [0.15, 0.2) is 11.7 Å². The van der Waals surface area contributed by atoms with Crippen LogP contribution in [0.4, 0.5) is 0 Å². The first kappa shape index (κ1) is 16.1. The molecule has 0 amide bonds. The van der Waals surface area contributed by atoms with E-state index in [1.54, 1.807) is 12.1 Å². The second kappa shape index (κ2) is 6.23. The SMILES string of the molecule is CNN1C(C)=NC(c2ccc(C(C)(C)C)cc2)=N/C1=C/C=O. The predicted molar refractivity (Wildman–Crippen MR) is 89.8 cm³/mol. The number of nitrogens with zero attached hydrogens (tertiary/aromatic N) is 3. The van der Waals surface area contributed by atoms with E-state index >= 15 is 0 Å². The Morgan fingerprint density at radius 3 is 2.27 bits per heavy atom. The number of nitrogens with one attached hydrogen (secondary N) is 1. The maximum absolute atomic E-state index is 10.8. The van der Waals surface area contributed by atoms with Crippen LogP contribution < -0.4 is 5.43 Å². The Balaban J connectivity index is 2.40. The number of rotatable bonds is 3. The van der Waals surface area contributed by atoms with Crippen LogP contribution in [0.3, 0.4) is 0 Å². The molecule has 1 aliphatic heterocycles. The highest BCUT2D eigenvalue weighted by Gasteiger charge is 2.19. The van der Waals surface area contributed by atoms with Crippen molar-refractivity contribution in [3.8, 4) is 0 Å². The van der Waals surface area contributed by atoms with Crippen LogP contribution in [0.25, 0.3) is 0 Å². The molecule has 0 fully saturated rings. The average Bonchev–Trinajstić information content (AvgIpc) is 2.46. The third-order valence-electron chi connectivity index (χ3n) is 3.49. The van der Waals surface area contributed by atoms with Crippen molar-refractivity contribution in [3.05, 3.63) is 47.3 Å². The van der Waals surface area contributed by atoms with Crippen molar-refractivity contribution in [1.29, 1.82) is 0 Å². The second-order valence-corrected chi connectivity index (χ2v) is 6.14. The third kappa shape index (κ3) is 3.31. The van der Waals surface area contributed by atoms with Crippen molar-refractivity contribution in [2.45, 2.75) is 33.1 Å². The van der Waals surface area contributed by atoms with Crippen molar-refractivity contribution in [2.24, 2.45) is 9.98 Å². The number of aldehydes is 1. The second-order valence-electron chi connectivity index (χ2n) is 6.14. The van der Waals surface area contributed by atoms with E-state index in [0.29, 0.717) is 11.7 Å². The Morgan fingerprint density at radius 1 is 1.14 bits per heavy atom. The number of hydrogen-bond acceptors (Lipinski definition) is 5. The Hall–Kier alpha value is -2.27. The number of aliphatic imine (C=N–C) groups is 2. The van der Waals surface area contributed by atoms with Gasteiger partial charge in [0.1, 0.15) is 12.1 Å². The minimum Gasteiger partial charge on any atom is -0.298 e. The van der Waals surface area contributed by atoms with Gasteiger partial charge in [0, 0.05) is 18.7 Å². The topological polar surface area (TPSA) is 57.1 Å². The van der Waals surface area contributed by atoms with Crippen molar-refractivity contribution in [2.75, 3.05) is 7.05 Å². The molecule has 5 nitrogen and oxygen atoms in total.